The van der Waals surface area contributed by atoms with Crippen LogP contribution in [-0.2, 0) is 23.9 Å². The number of aryl methyl sites for hydroxylation is 1. The molecule has 0 spiro atoms. The van der Waals surface area contributed by atoms with Gasteiger partial charge in [0.1, 0.15) is 5.56 Å². The second-order valence-corrected chi connectivity index (χ2v) is 6.49. The predicted octanol–water partition coefficient (Wildman–Crippen LogP) is 1.39. The van der Waals surface area contributed by atoms with Gasteiger partial charge in [-0.2, -0.15) is 0 Å². The molecule has 0 saturated carbocycles. The maximum atomic E-state index is 12.6. The summed E-state index contributed by atoms with van der Waals surface area (Å²) in [5.74, 6) is -0.607. The highest BCUT2D eigenvalue weighted by Crippen LogP contribution is 2.33. The van der Waals surface area contributed by atoms with Gasteiger partial charge in [-0.15, -0.1) is 0 Å². The zero-order chi connectivity index (χ0) is 17.3. The van der Waals surface area contributed by atoms with E-state index in [9.17, 15) is 13.8 Å². The van der Waals surface area contributed by atoms with Gasteiger partial charge in [-0.1, -0.05) is 17.7 Å². The van der Waals surface area contributed by atoms with Crippen molar-refractivity contribution in [3.63, 3.8) is 0 Å². The van der Waals surface area contributed by atoms with E-state index in [0.717, 1.165) is 0 Å². The van der Waals surface area contributed by atoms with Crippen molar-refractivity contribution < 1.29 is 13.6 Å². The van der Waals surface area contributed by atoms with Crippen molar-refractivity contribution in [3.05, 3.63) is 50.4 Å². The fourth-order valence-electron chi connectivity index (χ4n) is 2.28. The molecule has 2 rings (SSSR count). The molecule has 2 aromatic rings. The van der Waals surface area contributed by atoms with E-state index in [2.05, 4.69) is 5.10 Å². The molecule has 0 aliphatic rings. The quantitative estimate of drug-likeness (QED) is 0.622. The normalized spacial score (nSPS) is 12.2. The number of nitrogens with zero attached hydrogens (tertiary/aromatic N) is 2. The number of aromatic amines is 1. The summed E-state index contributed by atoms with van der Waals surface area (Å²) in [4.78, 5) is 26.1. The van der Waals surface area contributed by atoms with Crippen molar-refractivity contribution in [2.75, 3.05) is 19.0 Å². The third kappa shape index (κ3) is 3.39. The summed E-state index contributed by atoms with van der Waals surface area (Å²) in [6, 6.07) is 3.03. The Balaban J connectivity index is 2.58. The van der Waals surface area contributed by atoms with Gasteiger partial charge >= 0.3 is 0 Å². The molecule has 1 atom stereocenters. The van der Waals surface area contributed by atoms with Crippen LogP contribution in [0.2, 0.25) is 5.02 Å². The van der Waals surface area contributed by atoms with Crippen molar-refractivity contribution >= 4 is 34.2 Å². The fourth-order valence-corrected chi connectivity index (χ4v) is 3.22. The van der Waals surface area contributed by atoms with E-state index < -0.39 is 22.4 Å². The molecule has 0 bridgehead atoms. The van der Waals surface area contributed by atoms with E-state index in [0.29, 0.717) is 11.3 Å². The van der Waals surface area contributed by atoms with Gasteiger partial charge < -0.3 is 14.6 Å². The molecule has 0 saturated heterocycles. The van der Waals surface area contributed by atoms with E-state index in [1.54, 1.807) is 25.1 Å². The standard InChI is InChI=1S/C14H16ClN3O4S/c1-17(2)12-8(7-23(21)22)4-5-9(11(12)15)13(19)10-6-16-18(3)14(10)20/h4-6,16H,7H2,1-3H3,(H,21,22). The largest absolute Gasteiger partial charge is 0.376 e. The van der Waals surface area contributed by atoms with Crippen LogP contribution in [0.25, 0.3) is 0 Å². The maximum absolute atomic E-state index is 12.6. The first kappa shape index (κ1) is 17.5. The highest BCUT2D eigenvalue weighted by Gasteiger charge is 2.22. The number of hydrogen-bond donors (Lipinski definition) is 2. The van der Waals surface area contributed by atoms with Crippen LogP contribution in [0.1, 0.15) is 21.5 Å². The molecule has 1 aromatic carbocycles. The lowest BCUT2D eigenvalue weighted by molar-refractivity contribution is 0.103. The van der Waals surface area contributed by atoms with Gasteiger partial charge in [0, 0.05) is 32.9 Å². The Bertz CT molecular complexity index is 841. The second kappa shape index (κ2) is 6.69. The molecule has 0 amide bonds. The van der Waals surface area contributed by atoms with Crippen LogP contribution in [0.5, 0.6) is 0 Å². The number of H-pyrrole nitrogens is 1. The molecule has 124 valence electrons. The van der Waals surface area contributed by atoms with E-state index in [4.69, 9.17) is 16.2 Å². The van der Waals surface area contributed by atoms with Gasteiger partial charge in [0.25, 0.3) is 5.56 Å². The number of halogens is 1. The molecule has 0 radical (unpaired) electrons. The van der Waals surface area contributed by atoms with Gasteiger partial charge in [0.05, 0.1) is 16.5 Å². The van der Waals surface area contributed by atoms with E-state index >= 15 is 0 Å². The Morgan fingerprint density at radius 2 is 2.04 bits per heavy atom. The summed E-state index contributed by atoms with van der Waals surface area (Å²) in [5, 5.41) is 2.78. The molecule has 0 fully saturated rings. The minimum atomic E-state index is -2.03. The number of ketones is 1. The van der Waals surface area contributed by atoms with Crippen LogP contribution in [-0.4, -0.2) is 38.4 Å². The smallest absolute Gasteiger partial charge is 0.277 e. The van der Waals surface area contributed by atoms with Crippen molar-refractivity contribution in [2.24, 2.45) is 7.05 Å². The Labute approximate surface area is 140 Å². The molecule has 0 aliphatic carbocycles. The zero-order valence-corrected chi connectivity index (χ0v) is 14.4. The lowest BCUT2D eigenvalue weighted by Crippen LogP contribution is -2.20. The Morgan fingerprint density at radius 1 is 1.39 bits per heavy atom. The highest BCUT2D eigenvalue weighted by molar-refractivity contribution is 7.78. The van der Waals surface area contributed by atoms with Crippen LogP contribution < -0.4 is 10.5 Å². The first-order chi connectivity index (χ1) is 10.7. The minimum Gasteiger partial charge on any atom is -0.376 e. The lowest BCUT2D eigenvalue weighted by atomic mass is 10.0. The average Bonchev–Trinajstić information content (AvgIpc) is 2.77. The minimum absolute atomic E-state index is 0.0161. The average molecular weight is 358 g/mol. The van der Waals surface area contributed by atoms with E-state index in [1.165, 1.54) is 24.0 Å². The number of carbonyl (C=O) groups is 1. The summed E-state index contributed by atoms with van der Waals surface area (Å²) in [6.07, 6.45) is 1.33. The summed E-state index contributed by atoms with van der Waals surface area (Å²) in [7, 11) is 4.94. The van der Waals surface area contributed by atoms with Gasteiger partial charge in [0.2, 0.25) is 5.78 Å². The van der Waals surface area contributed by atoms with Crippen LogP contribution in [0, 0.1) is 0 Å². The Kier molecular flexibility index (Phi) is 5.08. The molecule has 23 heavy (non-hydrogen) atoms. The number of carbonyl (C=O) groups excluding carboxylic acids is 1. The van der Waals surface area contributed by atoms with Crippen LogP contribution >= 0.6 is 11.6 Å². The summed E-state index contributed by atoms with van der Waals surface area (Å²) >= 11 is 4.30. The molecule has 1 unspecified atom stereocenters. The van der Waals surface area contributed by atoms with Crippen molar-refractivity contribution in [1.82, 2.24) is 9.78 Å². The third-order valence-corrected chi connectivity index (χ3v) is 4.29. The highest BCUT2D eigenvalue weighted by atomic mass is 35.5. The van der Waals surface area contributed by atoms with Crippen LogP contribution in [0.15, 0.2) is 23.1 Å². The number of nitrogens with one attached hydrogen (secondary N) is 1. The SMILES string of the molecule is CN(C)c1c(CS(=O)O)ccc(C(=O)c2c[nH]n(C)c2=O)c1Cl. The monoisotopic (exact) mass is 357 g/mol. The number of rotatable bonds is 5. The van der Waals surface area contributed by atoms with Gasteiger partial charge in [-0.25, -0.2) is 4.21 Å². The van der Waals surface area contributed by atoms with E-state index in [-0.39, 0.29) is 21.9 Å². The first-order valence-electron chi connectivity index (χ1n) is 6.59. The molecule has 2 N–H and O–H groups in total. The zero-order valence-electron chi connectivity index (χ0n) is 12.8. The van der Waals surface area contributed by atoms with Gasteiger partial charge in [0.15, 0.2) is 11.1 Å². The molecule has 7 nitrogen and oxygen atoms in total. The predicted molar refractivity (Wildman–Crippen MR) is 89.7 cm³/mol. The number of hydrogen-bond acceptors (Lipinski definition) is 4. The van der Waals surface area contributed by atoms with Crippen LogP contribution in [0.4, 0.5) is 5.69 Å². The van der Waals surface area contributed by atoms with Crippen molar-refractivity contribution in [3.8, 4) is 0 Å². The summed E-state index contributed by atoms with van der Waals surface area (Å²) < 4.78 is 21.4. The fraction of sp³-hybridized carbons (Fsp3) is 0.286. The van der Waals surface area contributed by atoms with Crippen molar-refractivity contribution in [1.29, 1.82) is 0 Å². The summed E-state index contributed by atoms with van der Waals surface area (Å²) in [6.45, 7) is 0. The van der Waals surface area contributed by atoms with Crippen molar-refractivity contribution in [2.45, 2.75) is 5.75 Å². The third-order valence-electron chi connectivity index (χ3n) is 3.35. The molecular formula is C14H16ClN3O4S. The van der Waals surface area contributed by atoms with E-state index in [1.807, 2.05) is 0 Å². The van der Waals surface area contributed by atoms with Gasteiger partial charge in [-0.05, 0) is 11.6 Å². The number of aromatic nitrogens is 2. The topological polar surface area (TPSA) is 95.4 Å². The maximum Gasteiger partial charge on any atom is 0.277 e. The molecule has 0 aliphatic heterocycles. The summed E-state index contributed by atoms with van der Waals surface area (Å²) in [5.41, 5.74) is 0.724. The molecule has 1 heterocycles. The number of benzene rings is 1. The van der Waals surface area contributed by atoms with Crippen LogP contribution in [0.3, 0.4) is 0 Å². The molecule has 1 aromatic heterocycles. The molecular weight excluding hydrogens is 342 g/mol. The Morgan fingerprint density at radius 3 is 2.52 bits per heavy atom. The van der Waals surface area contributed by atoms with Gasteiger partial charge in [-0.3, -0.25) is 14.3 Å². The Hall–Kier alpha value is -1.90. The first-order valence-corrected chi connectivity index (χ1v) is 8.24. The molecule has 9 heteroatoms. The number of anilines is 1. The second-order valence-electron chi connectivity index (χ2n) is 5.18. The lowest BCUT2D eigenvalue weighted by Gasteiger charge is -2.20.